The maximum atomic E-state index is 11.9. The molecule has 0 heterocycles. The van der Waals surface area contributed by atoms with Gasteiger partial charge in [-0.3, -0.25) is 14.9 Å². The highest BCUT2D eigenvalue weighted by molar-refractivity contribution is 6.30. The van der Waals surface area contributed by atoms with E-state index in [1.807, 2.05) is 0 Å². The summed E-state index contributed by atoms with van der Waals surface area (Å²) in [6.45, 7) is 0.843. The van der Waals surface area contributed by atoms with Gasteiger partial charge in [0.15, 0.2) is 13.2 Å². The number of benzene rings is 2. The zero-order valence-corrected chi connectivity index (χ0v) is 15.8. The number of aryl methyl sites for hydroxylation is 1. The van der Waals surface area contributed by atoms with E-state index in [2.05, 4.69) is 5.32 Å². The molecular formula is C18H17ClN2O7. The second kappa shape index (κ2) is 9.56. The summed E-state index contributed by atoms with van der Waals surface area (Å²) in [7, 11) is 1.31. The van der Waals surface area contributed by atoms with Crippen molar-refractivity contribution in [3.8, 4) is 11.5 Å². The highest BCUT2D eigenvalue weighted by Crippen LogP contribution is 2.28. The molecule has 0 spiro atoms. The lowest BCUT2D eigenvalue weighted by atomic mass is 10.2. The maximum Gasteiger partial charge on any atom is 0.344 e. The van der Waals surface area contributed by atoms with E-state index < -0.39 is 23.4 Å². The molecule has 0 aromatic heterocycles. The number of halogens is 1. The number of nitro benzene ring substituents is 1. The summed E-state index contributed by atoms with van der Waals surface area (Å²) >= 11 is 5.84. The Labute approximate surface area is 165 Å². The molecule has 2 aromatic rings. The molecular weight excluding hydrogens is 392 g/mol. The van der Waals surface area contributed by atoms with Gasteiger partial charge in [-0.25, -0.2) is 4.79 Å². The zero-order chi connectivity index (χ0) is 20.7. The molecule has 0 bridgehead atoms. The number of non-ortho nitro benzene ring substituents is 1. The fraction of sp³-hybridized carbons (Fsp3) is 0.222. The smallest absolute Gasteiger partial charge is 0.344 e. The molecule has 1 N–H and O–H groups in total. The number of nitrogens with zero attached hydrogens (tertiary/aromatic N) is 1. The third-order valence-electron chi connectivity index (χ3n) is 3.52. The predicted molar refractivity (Wildman–Crippen MR) is 101 cm³/mol. The number of nitrogens with one attached hydrogen (secondary N) is 1. The lowest BCUT2D eigenvalue weighted by molar-refractivity contribution is -0.384. The van der Waals surface area contributed by atoms with E-state index in [4.69, 9.17) is 25.8 Å². The number of ether oxygens (including phenoxy) is 3. The first kappa shape index (κ1) is 21.0. The number of nitro groups is 1. The first-order valence-corrected chi connectivity index (χ1v) is 8.35. The van der Waals surface area contributed by atoms with Crippen LogP contribution in [0.5, 0.6) is 11.5 Å². The predicted octanol–water partition coefficient (Wildman–Crippen LogP) is 3.13. The Morgan fingerprint density at radius 1 is 1.14 bits per heavy atom. The average molecular weight is 409 g/mol. The molecule has 2 aromatic carbocycles. The Hall–Kier alpha value is -3.33. The molecule has 0 aliphatic rings. The number of methoxy groups -OCH3 is 1. The van der Waals surface area contributed by atoms with Crippen LogP contribution in [0.15, 0.2) is 36.4 Å². The minimum Gasteiger partial charge on any atom is -0.494 e. The van der Waals surface area contributed by atoms with Gasteiger partial charge in [-0.15, -0.1) is 0 Å². The number of anilines is 1. The Morgan fingerprint density at radius 3 is 2.54 bits per heavy atom. The van der Waals surface area contributed by atoms with Gasteiger partial charge < -0.3 is 19.5 Å². The van der Waals surface area contributed by atoms with Crippen molar-refractivity contribution in [1.29, 1.82) is 0 Å². The van der Waals surface area contributed by atoms with Crippen LogP contribution in [0.1, 0.15) is 5.56 Å². The second-order valence-corrected chi connectivity index (χ2v) is 5.99. The minimum atomic E-state index is -0.736. The molecule has 0 fully saturated rings. The molecule has 0 saturated carbocycles. The monoisotopic (exact) mass is 408 g/mol. The van der Waals surface area contributed by atoms with Gasteiger partial charge in [-0.05, 0) is 36.8 Å². The summed E-state index contributed by atoms with van der Waals surface area (Å²) in [4.78, 5) is 33.9. The van der Waals surface area contributed by atoms with Crippen LogP contribution in [-0.2, 0) is 14.3 Å². The van der Waals surface area contributed by atoms with Crippen LogP contribution in [0.4, 0.5) is 11.4 Å². The Kier molecular flexibility index (Phi) is 7.16. The van der Waals surface area contributed by atoms with E-state index >= 15 is 0 Å². The van der Waals surface area contributed by atoms with Crippen molar-refractivity contribution < 1.29 is 28.7 Å². The third kappa shape index (κ3) is 5.85. The van der Waals surface area contributed by atoms with Crippen molar-refractivity contribution in [2.24, 2.45) is 0 Å². The second-order valence-electron chi connectivity index (χ2n) is 5.55. The van der Waals surface area contributed by atoms with Crippen LogP contribution in [-0.4, -0.2) is 37.1 Å². The van der Waals surface area contributed by atoms with Crippen LogP contribution in [0.2, 0.25) is 5.02 Å². The lowest BCUT2D eigenvalue weighted by Gasteiger charge is -2.11. The molecule has 9 nitrogen and oxygen atoms in total. The minimum absolute atomic E-state index is 0.107. The Bertz CT molecular complexity index is 901. The average Bonchev–Trinajstić information content (AvgIpc) is 2.65. The molecule has 1 amide bonds. The van der Waals surface area contributed by atoms with E-state index in [0.29, 0.717) is 10.8 Å². The van der Waals surface area contributed by atoms with Crippen molar-refractivity contribution in [2.75, 3.05) is 25.6 Å². The summed E-state index contributed by atoms with van der Waals surface area (Å²) in [5, 5.41) is 13.8. The van der Waals surface area contributed by atoms with Crippen molar-refractivity contribution in [3.63, 3.8) is 0 Å². The lowest BCUT2D eigenvalue weighted by Crippen LogP contribution is -2.24. The van der Waals surface area contributed by atoms with Gasteiger partial charge in [0, 0.05) is 11.1 Å². The number of esters is 1. The number of hydrogen-bond donors (Lipinski definition) is 1. The molecule has 28 heavy (non-hydrogen) atoms. The maximum absolute atomic E-state index is 11.9. The summed E-state index contributed by atoms with van der Waals surface area (Å²) in [5.74, 6) is -0.791. The van der Waals surface area contributed by atoms with Gasteiger partial charge in [-0.2, -0.15) is 0 Å². The summed E-state index contributed by atoms with van der Waals surface area (Å²) in [6, 6.07) is 8.64. The van der Waals surface area contributed by atoms with E-state index in [-0.39, 0.29) is 23.7 Å². The summed E-state index contributed by atoms with van der Waals surface area (Å²) in [5.41, 5.74) is 0.779. The number of rotatable bonds is 8. The van der Waals surface area contributed by atoms with Crippen molar-refractivity contribution in [2.45, 2.75) is 6.92 Å². The van der Waals surface area contributed by atoms with Crippen molar-refractivity contribution in [3.05, 3.63) is 57.1 Å². The van der Waals surface area contributed by atoms with Gasteiger partial charge in [0.05, 0.1) is 23.8 Å². The number of carbonyl (C=O) groups excluding carboxylic acids is 2. The number of amides is 1. The molecule has 0 radical (unpaired) electrons. The summed E-state index contributed by atoms with van der Waals surface area (Å²) in [6.07, 6.45) is 0. The van der Waals surface area contributed by atoms with Gasteiger partial charge >= 0.3 is 5.97 Å². The van der Waals surface area contributed by atoms with Crippen LogP contribution < -0.4 is 14.8 Å². The van der Waals surface area contributed by atoms with Crippen LogP contribution in [0.3, 0.4) is 0 Å². The van der Waals surface area contributed by atoms with Crippen molar-refractivity contribution >= 4 is 34.9 Å². The van der Waals surface area contributed by atoms with Crippen molar-refractivity contribution in [1.82, 2.24) is 0 Å². The highest BCUT2D eigenvalue weighted by Gasteiger charge is 2.15. The normalized spacial score (nSPS) is 10.1. The largest absolute Gasteiger partial charge is 0.494 e. The quantitative estimate of drug-likeness (QED) is 0.405. The number of carbonyl (C=O) groups is 2. The molecule has 0 aliphatic heterocycles. The zero-order valence-electron chi connectivity index (χ0n) is 15.1. The third-order valence-corrected chi connectivity index (χ3v) is 3.75. The summed E-state index contributed by atoms with van der Waals surface area (Å²) < 4.78 is 15.2. The van der Waals surface area contributed by atoms with E-state index in [1.165, 1.54) is 25.3 Å². The Balaban J connectivity index is 1.85. The SMILES string of the molecule is COc1cc([N+](=O)[O-])ccc1NC(=O)COC(=O)COc1ccc(Cl)cc1C. The molecule has 10 heteroatoms. The first-order chi connectivity index (χ1) is 13.3. The molecule has 0 aliphatic carbocycles. The van der Waals surface area contributed by atoms with E-state index in [9.17, 15) is 19.7 Å². The van der Waals surface area contributed by atoms with E-state index in [1.54, 1.807) is 25.1 Å². The Morgan fingerprint density at radius 2 is 1.89 bits per heavy atom. The fourth-order valence-corrected chi connectivity index (χ4v) is 2.41. The van der Waals surface area contributed by atoms with Crippen LogP contribution in [0, 0.1) is 17.0 Å². The van der Waals surface area contributed by atoms with Gasteiger partial charge in [0.1, 0.15) is 11.5 Å². The molecule has 0 unspecified atom stereocenters. The molecule has 148 valence electrons. The molecule has 2 rings (SSSR count). The standard InChI is InChI=1S/C18H17ClN2O7/c1-11-7-12(19)3-6-15(11)27-10-18(23)28-9-17(22)20-14-5-4-13(21(24)25)8-16(14)26-2/h3-8H,9-10H2,1-2H3,(H,20,22). The highest BCUT2D eigenvalue weighted by atomic mass is 35.5. The molecule has 0 saturated heterocycles. The van der Waals surface area contributed by atoms with Gasteiger partial charge in [0.2, 0.25) is 0 Å². The first-order valence-electron chi connectivity index (χ1n) is 7.97. The topological polar surface area (TPSA) is 117 Å². The number of hydrogen-bond acceptors (Lipinski definition) is 7. The van der Waals surface area contributed by atoms with Crippen LogP contribution >= 0.6 is 11.6 Å². The van der Waals surface area contributed by atoms with Gasteiger partial charge in [0.25, 0.3) is 11.6 Å². The van der Waals surface area contributed by atoms with Gasteiger partial charge in [-0.1, -0.05) is 11.6 Å². The van der Waals surface area contributed by atoms with Crippen LogP contribution in [0.25, 0.3) is 0 Å². The van der Waals surface area contributed by atoms with E-state index in [0.717, 1.165) is 5.56 Å². The molecule has 0 atom stereocenters. The fourth-order valence-electron chi connectivity index (χ4n) is 2.18.